The van der Waals surface area contributed by atoms with Crippen molar-refractivity contribution in [2.75, 3.05) is 32.7 Å². The highest BCUT2D eigenvalue weighted by Gasteiger charge is 2.39. The van der Waals surface area contributed by atoms with Crippen molar-refractivity contribution in [3.63, 3.8) is 0 Å². The maximum Gasteiger partial charge on any atom is 0.253 e. The van der Waals surface area contributed by atoms with Gasteiger partial charge in [-0.15, -0.1) is 0 Å². The first kappa shape index (κ1) is 20.9. The molecule has 4 unspecified atom stereocenters. The van der Waals surface area contributed by atoms with Gasteiger partial charge in [-0.2, -0.15) is 0 Å². The molecule has 2 N–H and O–H groups in total. The molecule has 6 nitrogen and oxygen atoms in total. The molecule has 1 saturated heterocycles. The smallest absolute Gasteiger partial charge is 0.253 e. The topological polar surface area (TPSA) is 68.8 Å². The second-order valence-electron chi connectivity index (χ2n) is 8.70. The third-order valence-corrected chi connectivity index (χ3v) is 6.92. The fraction of sp³-hybridized carbons (Fsp3) is 0.423. The van der Waals surface area contributed by atoms with Gasteiger partial charge in [0.2, 0.25) is 0 Å². The molecule has 1 fully saturated rings. The summed E-state index contributed by atoms with van der Waals surface area (Å²) in [5.74, 6) is 2.02. The van der Waals surface area contributed by atoms with Crippen molar-refractivity contribution in [3.05, 3.63) is 65.2 Å². The Kier molecular flexibility index (Phi) is 5.79. The first-order chi connectivity index (χ1) is 15.7. The first-order valence-corrected chi connectivity index (χ1v) is 11.4. The van der Waals surface area contributed by atoms with Gasteiger partial charge in [0, 0.05) is 19.1 Å². The van der Waals surface area contributed by atoms with Gasteiger partial charge < -0.3 is 24.8 Å². The molecule has 1 amide bonds. The van der Waals surface area contributed by atoms with Crippen LogP contribution in [-0.4, -0.2) is 39.4 Å². The Bertz CT molecular complexity index is 1030. The molecule has 0 spiro atoms. The highest BCUT2D eigenvalue weighted by Crippen LogP contribution is 2.51. The molecule has 6 heteroatoms. The summed E-state index contributed by atoms with van der Waals surface area (Å²) in [4.78, 5) is 13.1. The van der Waals surface area contributed by atoms with Gasteiger partial charge in [-0.25, -0.2) is 0 Å². The van der Waals surface area contributed by atoms with E-state index in [4.69, 9.17) is 14.2 Å². The Hall–Kier alpha value is -2.99. The SMILES string of the molecule is COc1ccc(C2Nc3c(C(=O)NCC4CCCO4)cccc3C3C=CCC32)cc1OC. The summed E-state index contributed by atoms with van der Waals surface area (Å²) in [6.07, 6.45) is 7.71. The summed E-state index contributed by atoms with van der Waals surface area (Å²) in [7, 11) is 3.30. The largest absolute Gasteiger partial charge is 0.493 e. The second kappa shape index (κ2) is 8.87. The number of methoxy groups -OCH3 is 2. The van der Waals surface area contributed by atoms with Crippen LogP contribution in [0.1, 0.15) is 52.7 Å². The minimum atomic E-state index is -0.0589. The number of hydrogen-bond acceptors (Lipinski definition) is 5. The number of ether oxygens (including phenoxy) is 3. The molecule has 2 aromatic rings. The number of allylic oxidation sites excluding steroid dienone is 2. The average molecular weight is 435 g/mol. The van der Waals surface area contributed by atoms with E-state index in [2.05, 4.69) is 34.9 Å². The maximum atomic E-state index is 13.1. The summed E-state index contributed by atoms with van der Waals surface area (Å²) in [6, 6.07) is 12.2. The lowest BCUT2D eigenvalue weighted by Crippen LogP contribution is -2.34. The zero-order valence-electron chi connectivity index (χ0n) is 18.6. The number of carbonyl (C=O) groups is 1. The van der Waals surface area contributed by atoms with Crippen molar-refractivity contribution >= 4 is 11.6 Å². The molecule has 168 valence electrons. The van der Waals surface area contributed by atoms with Gasteiger partial charge in [0.1, 0.15) is 0 Å². The molecule has 0 bridgehead atoms. The highest BCUT2D eigenvalue weighted by molar-refractivity contribution is 6.00. The van der Waals surface area contributed by atoms with Crippen LogP contribution in [0.3, 0.4) is 0 Å². The van der Waals surface area contributed by atoms with Crippen LogP contribution in [0.15, 0.2) is 48.6 Å². The number of carbonyl (C=O) groups excluding carboxylic acids is 1. The van der Waals surface area contributed by atoms with E-state index in [1.54, 1.807) is 14.2 Å². The molecule has 2 aromatic carbocycles. The van der Waals surface area contributed by atoms with Crippen molar-refractivity contribution in [1.82, 2.24) is 5.32 Å². The molecule has 0 radical (unpaired) electrons. The van der Waals surface area contributed by atoms with Crippen LogP contribution >= 0.6 is 0 Å². The molecule has 0 aromatic heterocycles. The number of benzene rings is 2. The number of para-hydroxylation sites is 1. The average Bonchev–Trinajstić information content (AvgIpc) is 3.53. The van der Waals surface area contributed by atoms with Gasteiger partial charge in [-0.05, 0) is 54.5 Å². The first-order valence-electron chi connectivity index (χ1n) is 11.4. The van der Waals surface area contributed by atoms with Crippen LogP contribution in [0.4, 0.5) is 5.69 Å². The van der Waals surface area contributed by atoms with Gasteiger partial charge in [0.05, 0.1) is 37.6 Å². The molecule has 3 aliphatic rings. The zero-order chi connectivity index (χ0) is 22.1. The minimum Gasteiger partial charge on any atom is -0.493 e. The summed E-state index contributed by atoms with van der Waals surface area (Å²) >= 11 is 0. The van der Waals surface area contributed by atoms with E-state index in [1.807, 2.05) is 24.3 Å². The lowest BCUT2D eigenvalue weighted by Gasteiger charge is -2.38. The molecular weight excluding hydrogens is 404 g/mol. The van der Waals surface area contributed by atoms with E-state index in [0.29, 0.717) is 29.5 Å². The molecule has 2 heterocycles. The molecule has 32 heavy (non-hydrogen) atoms. The van der Waals surface area contributed by atoms with Crippen LogP contribution in [0.2, 0.25) is 0 Å². The highest BCUT2D eigenvalue weighted by atomic mass is 16.5. The molecular formula is C26H30N2O4. The van der Waals surface area contributed by atoms with E-state index >= 15 is 0 Å². The normalized spacial score (nSPS) is 25.6. The fourth-order valence-electron chi connectivity index (χ4n) is 5.29. The van der Waals surface area contributed by atoms with E-state index < -0.39 is 0 Å². The van der Waals surface area contributed by atoms with Crippen LogP contribution in [0.25, 0.3) is 0 Å². The number of fused-ring (bicyclic) bond motifs is 3. The predicted octanol–water partition coefficient (Wildman–Crippen LogP) is 4.44. The molecule has 0 saturated carbocycles. The number of hydrogen-bond donors (Lipinski definition) is 2. The minimum absolute atomic E-state index is 0.0589. The maximum absolute atomic E-state index is 13.1. The third kappa shape index (κ3) is 3.73. The predicted molar refractivity (Wildman–Crippen MR) is 124 cm³/mol. The second-order valence-corrected chi connectivity index (χ2v) is 8.70. The van der Waals surface area contributed by atoms with Gasteiger partial charge >= 0.3 is 0 Å². The van der Waals surface area contributed by atoms with Gasteiger partial charge in [0.25, 0.3) is 5.91 Å². The number of rotatable bonds is 6. The standard InChI is InChI=1S/C26H30N2O4/c1-30-22-12-11-16(14-23(22)31-2)24-19-8-3-7-18(19)20-9-4-10-21(25(20)28-24)26(29)27-15-17-6-5-13-32-17/h3-4,7,9-12,14,17-19,24,28H,5-6,8,13,15H2,1-2H3,(H,27,29). The summed E-state index contributed by atoms with van der Waals surface area (Å²) < 4.78 is 16.6. The van der Waals surface area contributed by atoms with E-state index in [-0.39, 0.29) is 24.0 Å². The summed E-state index contributed by atoms with van der Waals surface area (Å²) in [5, 5.41) is 6.80. The van der Waals surface area contributed by atoms with Crippen LogP contribution in [0.5, 0.6) is 11.5 Å². The van der Waals surface area contributed by atoms with Crippen LogP contribution < -0.4 is 20.1 Å². The van der Waals surface area contributed by atoms with Crippen LogP contribution in [0, 0.1) is 5.92 Å². The van der Waals surface area contributed by atoms with Crippen LogP contribution in [-0.2, 0) is 4.74 Å². The molecule has 1 aliphatic carbocycles. The Balaban J connectivity index is 1.46. The third-order valence-electron chi connectivity index (χ3n) is 6.92. The van der Waals surface area contributed by atoms with E-state index in [9.17, 15) is 4.79 Å². The molecule has 5 rings (SSSR count). The lowest BCUT2D eigenvalue weighted by molar-refractivity contribution is 0.0858. The van der Waals surface area contributed by atoms with Crippen molar-refractivity contribution < 1.29 is 19.0 Å². The zero-order valence-corrected chi connectivity index (χ0v) is 18.6. The Morgan fingerprint density at radius 2 is 2.06 bits per heavy atom. The molecule has 4 atom stereocenters. The van der Waals surface area contributed by atoms with Gasteiger partial charge in [-0.3, -0.25) is 4.79 Å². The number of anilines is 1. The Morgan fingerprint density at radius 1 is 1.19 bits per heavy atom. The number of nitrogens with one attached hydrogen (secondary N) is 2. The summed E-state index contributed by atoms with van der Waals surface area (Å²) in [5.41, 5.74) is 3.92. The van der Waals surface area contributed by atoms with E-state index in [1.165, 1.54) is 5.56 Å². The fourth-order valence-corrected chi connectivity index (χ4v) is 5.29. The Labute approximate surface area is 188 Å². The van der Waals surface area contributed by atoms with Crippen molar-refractivity contribution in [2.45, 2.75) is 37.3 Å². The van der Waals surface area contributed by atoms with Crippen molar-refractivity contribution in [3.8, 4) is 11.5 Å². The monoisotopic (exact) mass is 434 g/mol. The number of amides is 1. The van der Waals surface area contributed by atoms with Crippen molar-refractivity contribution in [2.24, 2.45) is 5.92 Å². The quantitative estimate of drug-likeness (QED) is 0.658. The van der Waals surface area contributed by atoms with Gasteiger partial charge in [0.15, 0.2) is 11.5 Å². The summed E-state index contributed by atoms with van der Waals surface area (Å²) in [6.45, 7) is 1.33. The van der Waals surface area contributed by atoms with E-state index in [0.717, 1.165) is 37.1 Å². The lowest BCUT2D eigenvalue weighted by atomic mass is 9.76. The van der Waals surface area contributed by atoms with Crippen molar-refractivity contribution in [1.29, 1.82) is 0 Å². The van der Waals surface area contributed by atoms with Gasteiger partial charge in [-0.1, -0.05) is 30.4 Å². The molecule has 2 aliphatic heterocycles. The Morgan fingerprint density at radius 3 is 2.84 bits per heavy atom.